The SMILES string of the molecule is CCCCCCCCCCCCCCCCCCNC1CCCCC1. The summed E-state index contributed by atoms with van der Waals surface area (Å²) in [7, 11) is 0. The molecule has 1 nitrogen and oxygen atoms in total. The lowest BCUT2D eigenvalue weighted by atomic mass is 9.95. The number of rotatable bonds is 18. The van der Waals surface area contributed by atoms with Crippen LogP contribution in [-0.2, 0) is 0 Å². The summed E-state index contributed by atoms with van der Waals surface area (Å²) >= 11 is 0. The van der Waals surface area contributed by atoms with Crippen LogP contribution in [0.15, 0.2) is 0 Å². The van der Waals surface area contributed by atoms with Gasteiger partial charge in [0.05, 0.1) is 0 Å². The highest BCUT2D eigenvalue weighted by Crippen LogP contribution is 2.17. The maximum atomic E-state index is 3.77. The van der Waals surface area contributed by atoms with Crippen molar-refractivity contribution in [2.75, 3.05) is 6.54 Å². The van der Waals surface area contributed by atoms with Crippen molar-refractivity contribution in [2.45, 2.75) is 148 Å². The lowest BCUT2D eigenvalue weighted by molar-refractivity contribution is 0.369. The van der Waals surface area contributed by atoms with Gasteiger partial charge in [-0.15, -0.1) is 0 Å². The van der Waals surface area contributed by atoms with E-state index in [1.165, 1.54) is 141 Å². The molecule has 0 aromatic heterocycles. The van der Waals surface area contributed by atoms with Gasteiger partial charge in [-0.05, 0) is 25.8 Å². The smallest absolute Gasteiger partial charge is 0.00670 e. The van der Waals surface area contributed by atoms with Crippen LogP contribution in [0.2, 0.25) is 0 Å². The van der Waals surface area contributed by atoms with Crippen LogP contribution >= 0.6 is 0 Å². The van der Waals surface area contributed by atoms with Gasteiger partial charge in [0.15, 0.2) is 0 Å². The largest absolute Gasteiger partial charge is 0.314 e. The van der Waals surface area contributed by atoms with Crippen molar-refractivity contribution in [3.63, 3.8) is 0 Å². The highest BCUT2D eigenvalue weighted by Gasteiger charge is 2.11. The highest BCUT2D eigenvalue weighted by atomic mass is 14.9. The Morgan fingerprint density at radius 1 is 0.520 bits per heavy atom. The number of nitrogens with one attached hydrogen (secondary N) is 1. The molecule has 1 N–H and O–H groups in total. The van der Waals surface area contributed by atoms with Crippen molar-refractivity contribution in [1.82, 2.24) is 5.32 Å². The van der Waals surface area contributed by atoms with Gasteiger partial charge >= 0.3 is 0 Å². The number of unbranched alkanes of at least 4 members (excludes halogenated alkanes) is 15. The average Bonchev–Trinajstić information content (AvgIpc) is 2.65. The van der Waals surface area contributed by atoms with E-state index in [0.29, 0.717) is 0 Å². The predicted octanol–water partition coefficient (Wildman–Crippen LogP) is 8.17. The van der Waals surface area contributed by atoms with E-state index < -0.39 is 0 Å². The van der Waals surface area contributed by atoms with Gasteiger partial charge in [0.2, 0.25) is 0 Å². The second-order valence-electron chi connectivity index (χ2n) is 8.59. The van der Waals surface area contributed by atoms with Gasteiger partial charge in [-0.3, -0.25) is 0 Å². The van der Waals surface area contributed by atoms with Crippen LogP contribution in [0.25, 0.3) is 0 Å². The minimum atomic E-state index is 0.852. The van der Waals surface area contributed by atoms with Crippen molar-refractivity contribution >= 4 is 0 Å². The molecule has 1 heteroatoms. The van der Waals surface area contributed by atoms with Gasteiger partial charge in [0.1, 0.15) is 0 Å². The lowest BCUT2D eigenvalue weighted by Gasteiger charge is -2.22. The van der Waals surface area contributed by atoms with Gasteiger partial charge in [-0.1, -0.05) is 122 Å². The zero-order valence-electron chi connectivity index (χ0n) is 17.6. The summed E-state index contributed by atoms with van der Waals surface area (Å²) in [6.45, 7) is 3.57. The van der Waals surface area contributed by atoms with Gasteiger partial charge in [-0.25, -0.2) is 0 Å². The third-order valence-electron chi connectivity index (χ3n) is 6.07. The summed E-state index contributed by atoms with van der Waals surface area (Å²) in [5, 5.41) is 3.77. The third kappa shape index (κ3) is 15.9. The Morgan fingerprint density at radius 2 is 0.920 bits per heavy atom. The van der Waals surface area contributed by atoms with Crippen LogP contribution in [0, 0.1) is 0 Å². The summed E-state index contributed by atoms with van der Waals surface area (Å²) in [5.41, 5.74) is 0. The van der Waals surface area contributed by atoms with Gasteiger partial charge < -0.3 is 5.32 Å². The molecule has 25 heavy (non-hydrogen) atoms. The van der Waals surface area contributed by atoms with E-state index in [1.54, 1.807) is 0 Å². The molecular weight excluding hydrogens is 302 g/mol. The monoisotopic (exact) mass is 351 g/mol. The van der Waals surface area contributed by atoms with Crippen molar-refractivity contribution in [2.24, 2.45) is 0 Å². The zero-order chi connectivity index (χ0) is 17.8. The molecule has 1 fully saturated rings. The second kappa shape index (κ2) is 18.7. The summed E-state index contributed by atoms with van der Waals surface area (Å²) < 4.78 is 0. The molecule has 0 bridgehead atoms. The van der Waals surface area contributed by atoms with E-state index in [2.05, 4.69) is 12.2 Å². The maximum absolute atomic E-state index is 3.77. The molecule has 150 valence electrons. The minimum Gasteiger partial charge on any atom is -0.314 e. The molecule has 1 saturated carbocycles. The normalized spacial score (nSPS) is 15.7. The van der Waals surface area contributed by atoms with Crippen LogP contribution in [0.3, 0.4) is 0 Å². The molecule has 0 unspecified atom stereocenters. The van der Waals surface area contributed by atoms with E-state index in [-0.39, 0.29) is 0 Å². The summed E-state index contributed by atoms with van der Waals surface area (Å²) in [4.78, 5) is 0. The molecule has 0 spiro atoms. The molecule has 0 saturated heterocycles. The van der Waals surface area contributed by atoms with E-state index in [0.717, 1.165) is 6.04 Å². The Labute approximate surface area is 160 Å². The molecule has 1 rings (SSSR count). The molecule has 0 heterocycles. The molecule has 0 aromatic carbocycles. The fraction of sp³-hybridized carbons (Fsp3) is 1.00. The Hall–Kier alpha value is -0.0400. The van der Waals surface area contributed by atoms with Gasteiger partial charge in [0.25, 0.3) is 0 Å². The Morgan fingerprint density at radius 3 is 1.36 bits per heavy atom. The first-order chi connectivity index (χ1) is 12.4. The van der Waals surface area contributed by atoms with Crippen molar-refractivity contribution < 1.29 is 0 Å². The van der Waals surface area contributed by atoms with E-state index in [9.17, 15) is 0 Å². The number of hydrogen-bond acceptors (Lipinski definition) is 1. The average molecular weight is 352 g/mol. The topological polar surface area (TPSA) is 12.0 Å². The number of hydrogen-bond donors (Lipinski definition) is 1. The minimum absolute atomic E-state index is 0.852. The third-order valence-corrected chi connectivity index (χ3v) is 6.07. The fourth-order valence-electron chi connectivity index (χ4n) is 4.29. The van der Waals surface area contributed by atoms with Crippen LogP contribution < -0.4 is 5.32 Å². The van der Waals surface area contributed by atoms with Gasteiger partial charge in [0, 0.05) is 6.04 Å². The predicted molar refractivity (Wildman–Crippen MR) is 114 cm³/mol. The maximum Gasteiger partial charge on any atom is 0.00670 e. The Kier molecular flexibility index (Phi) is 17.2. The zero-order valence-corrected chi connectivity index (χ0v) is 17.6. The first-order valence-electron chi connectivity index (χ1n) is 12.2. The van der Waals surface area contributed by atoms with Crippen LogP contribution in [-0.4, -0.2) is 12.6 Å². The van der Waals surface area contributed by atoms with E-state index in [4.69, 9.17) is 0 Å². The molecule has 0 aromatic rings. The molecule has 1 aliphatic carbocycles. The van der Waals surface area contributed by atoms with E-state index >= 15 is 0 Å². The highest BCUT2D eigenvalue weighted by molar-refractivity contribution is 4.71. The molecule has 0 amide bonds. The second-order valence-corrected chi connectivity index (χ2v) is 8.59. The lowest BCUT2D eigenvalue weighted by Crippen LogP contribution is -2.31. The first kappa shape index (κ1) is 23.0. The Balaban J connectivity index is 1.65. The molecule has 0 aliphatic heterocycles. The standard InChI is InChI=1S/C24H49N/c1-2-3-4-5-6-7-8-9-10-11-12-13-14-15-16-20-23-25-24-21-18-17-19-22-24/h24-25H,2-23H2,1H3. The molecule has 0 atom stereocenters. The molecule has 1 aliphatic rings. The first-order valence-corrected chi connectivity index (χ1v) is 12.2. The fourth-order valence-corrected chi connectivity index (χ4v) is 4.29. The summed E-state index contributed by atoms with van der Waals surface area (Å²) in [6.07, 6.45) is 30.6. The summed E-state index contributed by atoms with van der Waals surface area (Å²) in [5.74, 6) is 0. The quantitative estimate of drug-likeness (QED) is 0.245. The summed E-state index contributed by atoms with van der Waals surface area (Å²) in [6, 6.07) is 0.852. The van der Waals surface area contributed by atoms with Gasteiger partial charge in [-0.2, -0.15) is 0 Å². The van der Waals surface area contributed by atoms with Crippen LogP contribution in [0.4, 0.5) is 0 Å². The van der Waals surface area contributed by atoms with Crippen molar-refractivity contribution in [3.05, 3.63) is 0 Å². The van der Waals surface area contributed by atoms with Crippen molar-refractivity contribution in [3.8, 4) is 0 Å². The van der Waals surface area contributed by atoms with Crippen molar-refractivity contribution in [1.29, 1.82) is 0 Å². The van der Waals surface area contributed by atoms with Crippen LogP contribution in [0.5, 0.6) is 0 Å². The van der Waals surface area contributed by atoms with Crippen LogP contribution in [0.1, 0.15) is 142 Å². The van der Waals surface area contributed by atoms with E-state index in [1.807, 2.05) is 0 Å². The Bertz CT molecular complexity index is 244. The molecular formula is C24H49N. The molecule has 0 radical (unpaired) electrons.